The van der Waals surface area contributed by atoms with Crippen molar-refractivity contribution in [3.63, 3.8) is 0 Å². The molecule has 1 aromatic rings. The molecule has 0 aromatic heterocycles. The highest BCUT2D eigenvalue weighted by Gasteiger charge is 2.24. The predicted octanol–water partition coefficient (Wildman–Crippen LogP) is 2.33. The zero-order valence-electron chi connectivity index (χ0n) is 16.9. The third kappa shape index (κ3) is 7.12. The molecule has 7 heteroatoms. The van der Waals surface area contributed by atoms with Crippen LogP contribution in [0.2, 0.25) is 0 Å². The lowest BCUT2D eigenvalue weighted by atomic mass is 10.1. The average Bonchev–Trinajstić information content (AvgIpc) is 2.66. The van der Waals surface area contributed by atoms with Crippen LogP contribution in [0.4, 0.5) is 10.5 Å². The van der Waals surface area contributed by atoms with Gasteiger partial charge in [-0.25, -0.2) is 9.59 Å². The summed E-state index contributed by atoms with van der Waals surface area (Å²) in [6, 6.07) is 7.01. The summed E-state index contributed by atoms with van der Waals surface area (Å²) in [7, 11) is 1.27. The van der Waals surface area contributed by atoms with Crippen molar-refractivity contribution < 1.29 is 23.8 Å². The van der Waals surface area contributed by atoms with E-state index < -0.39 is 23.7 Å². The SMILES string of the molecule is COC(=O)C(CC#Cc1cccc(N2CCOCC2)c1)NC(=O)OC(C)(C)C. The molecule has 28 heavy (non-hydrogen) atoms. The Bertz CT molecular complexity index is 739. The van der Waals surface area contributed by atoms with Gasteiger partial charge in [0.1, 0.15) is 11.6 Å². The van der Waals surface area contributed by atoms with Crippen molar-refractivity contribution in [1.29, 1.82) is 0 Å². The Hall–Kier alpha value is -2.72. The van der Waals surface area contributed by atoms with Gasteiger partial charge in [0.15, 0.2) is 0 Å². The maximum atomic E-state index is 11.9. The lowest BCUT2D eigenvalue weighted by Gasteiger charge is -2.28. The lowest BCUT2D eigenvalue weighted by Crippen LogP contribution is -2.43. The van der Waals surface area contributed by atoms with E-state index >= 15 is 0 Å². The number of nitrogens with zero attached hydrogens (tertiary/aromatic N) is 1. The number of methoxy groups -OCH3 is 1. The van der Waals surface area contributed by atoms with Gasteiger partial charge in [-0.3, -0.25) is 0 Å². The molecule has 0 bridgehead atoms. The number of alkyl carbamates (subject to hydrolysis) is 1. The number of benzene rings is 1. The topological polar surface area (TPSA) is 77.1 Å². The van der Waals surface area contributed by atoms with Crippen LogP contribution in [0, 0.1) is 11.8 Å². The Labute approximate surface area is 166 Å². The highest BCUT2D eigenvalue weighted by Crippen LogP contribution is 2.17. The summed E-state index contributed by atoms with van der Waals surface area (Å²) in [5.41, 5.74) is 1.27. The van der Waals surface area contributed by atoms with Gasteiger partial charge in [-0.1, -0.05) is 17.9 Å². The fourth-order valence-electron chi connectivity index (χ4n) is 2.64. The Balaban J connectivity index is 2.02. The summed E-state index contributed by atoms with van der Waals surface area (Å²) in [6.45, 7) is 8.38. The van der Waals surface area contributed by atoms with E-state index in [0.717, 1.165) is 24.3 Å². The van der Waals surface area contributed by atoms with Crippen molar-refractivity contribution in [1.82, 2.24) is 5.32 Å². The number of esters is 1. The van der Waals surface area contributed by atoms with Crippen LogP contribution in [0.25, 0.3) is 0 Å². The van der Waals surface area contributed by atoms with Crippen molar-refractivity contribution in [3.8, 4) is 11.8 Å². The first-order valence-corrected chi connectivity index (χ1v) is 9.27. The molecule has 1 N–H and O–H groups in total. The second-order valence-electron chi connectivity index (χ2n) is 7.38. The van der Waals surface area contributed by atoms with Crippen molar-refractivity contribution in [3.05, 3.63) is 29.8 Å². The molecule has 0 aliphatic carbocycles. The minimum Gasteiger partial charge on any atom is -0.467 e. The standard InChI is InChI=1S/C21H28N2O5/c1-21(2,3)28-20(25)22-18(19(24)26-4)10-6-8-16-7-5-9-17(15-16)23-11-13-27-14-12-23/h5,7,9,15,18H,10-14H2,1-4H3,(H,22,25). The van der Waals surface area contributed by atoms with E-state index in [-0.39, 0.29) is 6.42 Å². The molecule has 2 rings (SSSR count). The predicted molar refractivity (Wildman–Crippen MR) is 106 cm³/mol. The highest BCUT2D eigenvalue weighted by molar-refractivity contribution is 5.81. The molecule has 0 radical (unpaired) electrons. The van der Waals surface area contributed by atoms with Gasteiger partial charge in [-0.05, 0) is 39.0 Å². The van der Waals surface area contributed by atoms with Crippen LogP contribution < -0.4 is 10.2 Å². The Kier molecular flexibility index (Phi) is 7.70. The summed E-state index contributed by atoms with van der Waals surface area (Å²) in [4.78, 5) is 26.1. The molecule has 7 nitrogen and oxygen atoms in total. The molecule has 1 aliphatic rings. The van der Waals surface area contributed by atoms with E-state index in [2.05, 4.69) is 22.1 Å². The van der Waals surface area contributed by atoms with Crippen molar-refractivity contribution in [2.24, 2.45) is 0 Å². The summed E-state index contributed by atoms with van der Waals surface area (Å²) >= 11 is 0. The van der Waals surface area contributed by atoms with Crippen molar-refractivity contribution >= 4 is 17.7 Å². The fraction of sp³-hybridized carbons (Fsp3) is 0.524. The molecule has 1 aliphatic heterocycles. The number of morpholine rings is 1. The van der Waals surface area contributed by atoms with Crippen molar-refractivity contribution in [2.75, 3.05) is 38.3 Å². The second kappa shape index (κ2) is 10.00. The van der Waals surface area contributed by atoms with Gasteiger partial charge in [0, 0.05) is 30.8 Å². The normalized spacial score (nSPS) is 15.1. The first kappa shape index (κ1) is 21.6. The zero-order valence-corrected chi connectivity index (χ0v) is 16.9. The smallest absolute Gasteiger partial charge is 0.408 e. The number of amides is 1. The Morgan fingerprint density at radius 2 is 2.00 bits per heavy atom. The van der Waals surface area contributed by atoms with Gasteiger partial charge in [0.2, 0.25) is 0 Å². The molecule has 0 saturated carbocycles. The number of nitrogens with one attached hydrogen (secondary N) is 1. The van der Waals surface area contributed by atoms with Gasteiger partial charge >= 0.3 is 12.1 Å². The number of ether oxygens (including phenoxy) is 3. The molecule has 1 aromatic carbocycles. The van der Waals surface area contributed by atoms with Gasteiger partial charge in [-0.2, -0.15) is 0 Å². The zero-order chi connectivity index (χ0) is 20.6. The molecular formula is C21H28N2O5. The van der Waals surface area contributed by atoms with Gasteiger partial charge in [0.05, 0.1) is 20.3 Å². The van der Waals surface area contributed by atoms with Crippen LogP contribution >= 0.6 is 0 Å². The molecule has 1 saturated heterocycles. The third-order valence-electron chi connectivity index (χ3n) is 3.94. The van der Waals surface area contributed by atoms with Gasteiger partial charge < -0.3 is 24.4 Å². The molecule has 1 fully saturated rings. The number of hydrogen-bond acceptors (Lipinski definition) is 6. The van der Waals surface area contributed by atoms with E-state index in [9.17, 15) is 9.59 Å². The van der Waals surface area contributed by atoms with Gasteiger partial charge in [-0.15, -0.1) is 0 Å². The molecule has 0 spiro atoms. The molecular weight excluding hydrogens is 360 g/mol. The number of anilines is 1. The first-order chi connectivity index (χ1) is 13.3. The monoisotopic (exact) mass is 388 g/mol. The number of rotatable bonds is 4. The van der Waals surface area contributed by atoms with E-state index in [1.807, 2.05) is 24.3 Å². The maximum absolute atomic E-state index is 11.9. The van der Waals surface area contributed by atoms with E-state index in [1.165, 1.54) is 7.11 Å². The van der Waals surface area contributed by atoms with Crippen LogP contribution in [0.3, 0.4) is 0 Å². The summed E-state index contributed by atoms with van der Waals surface area (Å²) < 4.78 is 15.3. The van der Waals surface area contributed by atoms with Crippen LogP contribution in [0.15, 0.2) is 24.3 Å². The van der Waals surface area contributed by atoms with Crippen LogP contribution in [-0.2, 0) is 19.0 Å². The summed E-state index contributed by atoms with van der Waals surface area (Å²) in [6.07, 6.45) is -0.563. The molecule has 1 unspecified atom stereocenters. The van der Waals surface area contributed by atoms with E-state index in [0.29, 0.717) is 13.2 Å². The third-order valence-corrected chi connectivity index (χ3v) is 3.94. The number of carbonyl (C=O) groups excluding carboxylic acids is 2. The summed E-state index contributed by atoms with van der Waals surface area (Å²) in [5, 5.41) is 2.51. The lowest BCUT2D eigenvalue weighted by molar-refractivity contribution is -0.143. The molecule has 1 amide bonds. The quantitative estimate of drug-likeness (QED) is 0.630. The fourth-order valence-corrected chi connectivity index (χ4v) is 2.64. The maximum Gasteiger partial charge on any atom is 0.408 e. The minimum absolute atomic E-state index is 0.119. The van der Waals surface area contributed by atoms with Crippen LogP contribution in [-0.4, -0.2) is 57.1 Å². The number of hydrogen-bond donors (Lipinski definition) is 1. The van der Waals surface area contributed by atoms with E-state index in [4.69, 9.17) is 14.2 Å². The minimum atomic E-state index is -0.894. The largest absolute Gasteiger partial charge is 0.467 e. The molecule has 1 atom stereocenters. The number of carbonyl (C=O) groups is 2. The average molecular weight is 388 g/mol. The highest BCUT2D eigenvalue weighted by atomic mass is 16.6. The van der Waals surface area contributed by atoms with Crippen molar-refractivity contribution in [2.45, 2.75) is 38.8 Å². The second-order valence-corrected chi connectivity index (χ2v) is 7.38. The Morgan fingerprint density at radius 1 is 1.29 bits per heavy atom. The first-order valence-electron chi connectivity index (χ1n) is 9.27. The van der Waals surface area contributed by atoms with Crippen LogP contribution in [0.1, 0.15) is 32.8 Å². The summed E-state index contributed by atoms with van der Waals surface area (Å²) in [5.74, 6) is 5.43. The van der Waals surface area contributed by atoms with E-state index in [1.54, 1.807) is 20.8 Å². The molecule has 1 heterocycles. The Morgan fingerprint density at radius 3 is 2.64 bits per heavy atom. The van der Waals surface area contributed by atoms with Crippen LogP contribution in [0.5, 0.6) is 0 Å². The van der Waals surface area contributed by atoms with Gasteiger partial charge in [0.25, 0.3) is 0 Å². The molecule has 152 valence electrons.